The molecule has 0 aliphatic carbocycles. The minimum absolute atomic E-state index is 0.345. The van der Waals surface area contributed by atoms with Crippen LogP contribution in [0.4, 0.5) is 11.4 Å². The van der Waals surface area contributed by atoms with Gasteiger partial charge in [0.25, 0.3) is 0 Å². The summed E-state index contributed by atoms with van der Waals surface area (Å²) < 4.78 is 26.0. The van der Waals surface area contributed by atoms with E-state index in [0.717, 1.165) is 17.4 Å². The van der Waals surface area contributed by atoms with Gasteiger partial charge >= 0.3 is 0 Å². The Bertz CT molecular complexity index is 845. The lowest BCUT2D eigenvalue weighted by Gasteiger charge is -2.30. The van der Waals surface area contributed by atoms with Gasteiger partial charge in [-0.1, -0.05) is 42.8 Å². The van der Waals surface area contributed by atoms with Crippen LogP contribution in [0.5, 0.6) is 0 Å². The van der Waals surface area contributed by atoms with E-state index in [1.54, 1.807) is 25.1 Å². The number of aryl methyl sites for hydroxylation is 2. The molecule has 0 aliphatic heterocycles. The fourth-order valence-corrected chi connectivity index (χ4v) is 3.89. The summed E-state index contributed by atoms with van der Waals surface area (Å²) in [4.78, 5) is 12.8. The Morgan fingerprint density at radius 2 is 1.68 bits per heavy atom. The molecule has 0 aromatic heterocycles. The fourth-order valence-electron chi connectivity index (χ4n) is 2.68. The Morgan fingerprint density at radius 1 is 1.08 bits per heavy atom. The van der Waals surface area contributed by atoms with Gasteiger partial charge in [0.15, 0.2) is 0 Å². The van der Waals surface area contributed by atoms with Gasteiger partial charge in [0, 0.05) is 5.69 Å². The molecule has 1 atom stereocenters. The first-order chi connectivity index (χ1) is 11.7. The Morgan fingerprint density at radius 3 is 2.20 bits per heavy atom. The van der Waals surface area contributed by atoms with E-state index in [-0.39, 0.29) is 5.91 Å². The second kappa shape index (κ2) is 7.70. The van der Waals surface area contributed by atoms with Crippen molar-refractivity contribution >= 4 is 27.3 Å². The van der Waals surface area contributed by atoms with Crippen molar-refractivity contribution in [3.8, 4) is 0 Å². The van der Waals surface area contributed by atoms with Gasteiger partial charge in [-0.15, -0.1) is 0 Å². The molecule has 0 heterocycles. The van der Waals surface area contributed by atoms with Crippen molar-refractivity contribution in [2.45, 2.75) is 33.2 Å². The van der Waals surface area contributed by atoms with E-state index in [4.69, 9.17) is 0 Å². The molecule has 0 saturated carbocycles. The molecule has 1 amide bonds. The standard InChI is InChI=1S/C19H24N2O3S/c1-5-18(19(22)20-17-9-7-6-8-15(17)3)21(25(4,23)24)16-12-10-14(2)11-13-16/h6-13,18H,5H2,1-4H3,(H,20,22)/t18-/m1/s1. The number of nitrogens with zero attached hydrogens (tertiary/aromatic N) is 1. The lowest BCUT2D eigenvalue weighted by Crippen LogP contribution is -2.47. The van der Waals surface area contributed by atoms with E-state index in [2.05, 4.69) is 5.32 Å². The predicted molar refractivity (Wildman–Crippen MR) is 102 cm³/mol. The van der Waals surface area contributed by atoms with E-state index in [1.807, 2.05) is 44.2 Å². The second-order valence-electron chi connectivity index (χ2n) is 6.12. The van der Waals surface area contributed by atoms with Crippen LogP contribution in [0, 0.1) is 13.8 Å². The van der Waals surface area contributed by atoms with Gasteiger partial charge < -0.3 is 5.32 Å². The highest BCUT2D eigenvalue weighted by atomic mass is 32.2. The number of sulfonamides is 1. The molecule has 5 nitrogen and oxygen atoms in total. The maximum atomic E-state index is 12.8. The number of hydrogen-bond acceptors (Lipinski definition) is 3. The summed E-state index contributed by atoms with van der Waals surface area (Å²) >= 11 is 0. The summed E-state index contributed by atoms with van der Waals surface area (Å²) in [6, 6.07) is 13.7. The number of carbonyl (C=O) groups excluding carboxylic acids is 1. The molecule has 2 aromatic rings. The largest absolute Gasteiger partial charge is 0.324 e. The monoisotopic (exact) mass is 360 g/mol. The summed E-state index contributed by atoms with van der Waals surface area (Å²) in [5.74, 6) is -0.345. The number of nitrogens with one attached hydrogen (secondary N) is 1. The molecular weight excluding hydrogens is 336 g/mol. The Hall–Kier alpha value is -2.34. The average Bonchev–Trinajstić information content (AvgIpc) is 2.54. The third kappa shape index (κ3) is 4.60. The van der Waals surface area contributed by atoms with E-state index >= 15 is 0 Å². The molecule has 1 N–H and O–H groups in total. The van der Waals surface area contributed by atoms with Gasteiger partial charge in [-0.2, -0.15) is 0 Å². The van der Waals surface area contributed by atoms with Crippen molar-refractivity contribution in [2.75, 3.05) is 15.9 Å². The third-order valence-corrected chi connectivity index (χ3v) is 5.20. The topological polar surface area (TPSA) is 66.5 Å². The van der Waals surface area contributed by atoms with Crippen molar-refractivity contribution < 1.29 is 13.2 Å². The van der Waals surface area contributed by atoms with Crippen LogP contribution in [0.15, 0.2) is 48.5 Å². The van der Waals surface area contributed by atoms with Crippen LogP contribution < -0.4 is 9.62 Å². The second-order valence-corrected chi connectivity index (χ2v) is 7.98. The molecule has 0 aliphatic rings. The van der Waals surface area contributed by atoms with Crippen LogP contribution in [0.3, 0.4) is 0 Å². The summed E-state index contributed by atoms with van der Waals surface area (Å²) in [6.07, 6.45) is 1.48. The lowest BCUT2D eigenvalue weighted by molar-refractivity contribution is -0.117. The molecule has 0 fully saturated rings. The van der Waals surface area contributed by atoms with Crippen molar-refractivity contribution in [3.05, 3.63) is 59.7 Å². The molecule has 25 heavy (non-hydrogen) atoms. The maximum absolute atomic E-state index is 12.8. The first kappa shape index (κ1) is 19.0. The normalized spacial score (nSPS) is 12.5. The van der Waals surface area contributed by atoms with Gasteiger partial charge in [-0.25, -0.2) is 8.42 Å². The Balaban J connectivity index is 2.38. The zero-order valence-corrected chi connectivity index (χ0v) is 15.8. The molecule has 0 unspecified atom stereocenters. The molecule has 0 bridgehead atoms. The van der Waals surface area contributed by atoms with Crippen LogP contribution in [-0.4, -0.2) is 26.6 Å². The summed E-state index contributed by atoms with van der Waals surface area (Å²) in [7, 11) is -3.62. The Labute approximate surface area is 149 Å². The van der Waals surface area contributed by atoms with E-state index in [9.17, 15) is 13.2 Å². The predicted octanol–water partition coefficient (Wildman–Crippen LogP) is 3.49. The highest BCUT2D eigenvalue weighted by molar-refractivity contribution is 7.92. The fraction of sp³-hybridized carbons (Fsp3) is 0.316. The number of amides is 1. The zero-order valence-electron chi connectivity index (χ0n) is 15.0. The van der Waals surface area contributed by atoms with E-state index in [0.29, 0.717) is 17.8 Å². The molecule has 2 rings (SSSR count). The number of anilines is 2. The first-order valence-electron chi connectivity index (χ1n) is 8.16. The number of rotatable bonds is 6. The van der Waals surface area contributed by atoms with Gasteiger partial charge in [-0.3, -0.25) is 9.10 Å². The summed E-state index contributed by atoms with van der Waals surface area (Å²) in [5.41, 5.74) is 3.12. The van der Waals surface area contributed by atoms with Gasteiger partial charge in [-0.05, 0) is 44.0 Å². The molecule has 0 spiro atoms. The van der Waals surface area contributed by atoms with Crippen molar-refractivity contribution in [1.29, 1.82) is 0 Å². The molecule has 134 valence electrons. The van der Waals surface area contributed by atoms with Crippen LogP contribution in [0.25, 0.3) is 0 Å². The molecule has 2 aromatic carbocycles. The Kier molecular flexibility index (Phi) is 5.85. The molecular formula is C19H24N2O3S. The lowest BCUT2D eigenvalue weighted by atomic mass is 10.1. The van der Waals surface area contributed by atoms with Crippen molar-refractivity contribution in [1.82, 2.24) is 0 Å². The van der Waals surface area contributed by atoms with Crippen LogP contribution in [0.1, 0.15) is 24.5 Å². The number of benzene rings is 2. The van der Waals surface area contributed by atoms with Crippen LogP contribution in [0.2, 0.25) is 0 Å². The maximum Gasteiger partial charge on any atom is 0.248 e. The third-order valence-electron chi connectivity index (χ3n) is 4.02. The number of para-hydroxylation sites is 1. The van der Waals surface area contributed by atoms with Crippen LogP contribution in [-0.2, 0) is 14.8 Å². The van der Waals surface area contributed by atoms with Gasteiger partial charge in [0.05, 0.1) is 11.9 Å². The van der Waals surface area contributed by atoms with Gasteiger partial charge in [0.1, 0.15) is 6.04 Å². The highest BCUT2D eigenvalue weighted by Gasteiger charge is 2.31. The minimum atomic E-state index is -3.62. The van der Waals surface area contributed by atoms with Crippen molar-refractivity contribution in [2.24, 2.45) is 0 Å². The minimum Gasteiger partial charge on any atom is -0.324 e. The summed E-state index contributed by atoms with van der Waals surface area (Å²) in [5, 5.41) is 2.85. The summed E-state index contributed by atoms with van der Waals surface area (Å²) in [6.45, 7) is 5.62. The first-order valence-corrected chi connectivity index (χ1v) is 10.0. The highest BCUT2D eigenvalue weighted by Crippen LogP contribution is 2.24. The number of carbonyl (C=O) groups is 1. The van der Waals surface area contributed by atoms with Gasteiger partial charge in [0.2, 0.25) is 15.9 Å². The van der Waals surface area contributed by atoms with Crippen molar-refractivity contribution in [3.63, 3.8) is 0 Å². The SMILES string of the molecule is CC[C@H](C(=O)Nc1ccccc1C)N(c1ccc(C)cc1)S(C)(=O)=O. The molecule has 6 heteroatoms. The smallest absolute Gasteiger partial charge is 0.248 e. The van der Waals surface area contributed by atoms with Crippen LogP contribution >= 0.6 is 0 Å². The molecule has 0 saturated heterocycles. The molecule has 0 radical (unpaired) electrons. The average molecular weight is 360 g/mol. The quantitative estimate of drug-likeness (QED) is 0.857. The number of hydrogen-bond donors (Lipinski definition) is 1. The van der Waals surface area contributed by atoms with E-state index < -0.39 is 16.1 Å². The van der Waals surface area contributed by atoms with E-state index in [1.165, 1.54) is 4.31 Å². The zero-order chi connectivity index (χ0) is 18.6.